The topological polar surface area (TPSA) is 79.6 Å². The normalized spacial score (nSPS) is 10.9. The van der Waals surface area contributed by atoms with Crippen LogP contribution in [0.25, 0.3) is 11.0 Å². The van der Waals surface area contributed by atoms with Crippen LogP contribution in [0.4, 0.5) is 0 Å². The minimum atomic E-state index is -1.21. The molecule has 156 valence electrons. The molecule has 3 aromatic carbocycles. The summed E-state index contributed by atoms with van der Waals surface area (Å²) < 4.78 is 11.6. The quantitative estimate of drug-likeness (QED) is 0.447. The number of ether oxygens (including phenoxy) is 1. The van der Waals surface area contributed by atoms with Crippen molar-refractivity contribution >= 4 is 16.9 Å². The molecule has 5 nitrogen and oxygen atoms in total. The molecule has 0 aliphatic heterocycles. The maximum absolute atomic E-state index is 12.7. The van der Waals surface area contributed by atoms with E-state index in [0.717, 1.165) is 27.6 Å². The number of carboxylic acid groups (broad SMARTS) is 1. The van der Waals surface area contributed by atoms with E-state index < -0.39 is 5.97 Å². The summed E-state index contributed by atoms with van der Waals surface area (Å²) >= 11 is 0. The molecule has 0 atom stereocenters. The van der Waals surface area contributed by atoms with Crippen molar-refractivity contribution in [2.75, 3.05) is 0 Å². The number of rotatable bonds is 6. The second-order valence-corrected chi connectivity index (χ2v) is 7.49. The molecule has 0 saturated carbocycles. The van der Waals surface area contributed by atoms with Crippen LogP contribution in [0.1, 0.15) is 38.2 Å². The van der Waals surface area contributed by atoms with Crippen molar-refractivity contribution in [1.29, 1.82) is 0 Å². The summed E-state index contributed by atoms with van der Waals surface area (Å²) in [7, 11) is 0. The van der Waals surface area contributed by atoms with Crippen LogP contribution < -0.4 is 15.5 Å². The van der Waals surface area contributed by atoms with Gasteiger partial charge in [-0.3, -0.25) is 0 Å². The molecule has 0 fully saturated rings. The summed E-state index contributed by atoms with van der Waals surface area (Å²) in [6, 6.07) is 19.9. The lowest BCUT2D eigenvalue weighted by atomic mass is 9.98. The van der Waals surface area contributed by atoms with Gasteiger partial charge in [-0.1, -0.05) is 54.6 Å². The lowest BCUT2D eigenvalue weighted by Crippen LogP contribution is -2.22. The Kier molecular flexibility index (Phi) is 5.58. The second kappa shape index (κ2) is 8.48. The highest BCUT2D eigenvalue weighted by molar-refractivity contribution is 5.86. The lowest BCUT2D eigenvalue weighted by Gasteiger charge is -2.14. The Morgan fingerprint density at radius 1 is 0.903 bits per heavy atom. The molecule has 4 rings (SSSR count). The molecule has 4 aromatic rings. The van der Waals surface area contributed by atoms with Gasteiger partial charge >= 0.3 is 5.63 Å². The average molecular weight is 413 g/mol. The first-order valence-corrected chi connectivity index (χ1v) is 9.97. The van der Waals surface area contributed by atoms with Gasteiger partial charge in [-0.15, -0.1) is 0 Å². The molecule has 0 N–H and O–H groups in total. The van der Waals surface area contributed by atoms with E-state index in [1.54, 1.807) is 12.1 Å². The van der Waals surface area contributed by atoms with Crippen molar-refractivity contribution in [3.8, 4) is 5.75 Å². The fourth-order valence-electron chi connectivity index (χ4n) is 3.63. The molecule has 0 saturated heterocycles. The van der Waals surface area contributed by atoms with Crippen LogP contribution in [0.15, 0.2) is 75.9 Å². The van der Waals surface area contributed by atoms with Crippen molar-refractivity contribution in [2.45, 2.75) is 26.9 Å². The van der Waals surface area contributed by atoms with Crippen molar-refractivity contribution in [2.24, 2.45) is 0 Å². The van der Waals surface area contributed by atoms with Crippen LogP contribution in [0, 0.1) is 13.8 Å². The first-order chi connectivity index (χ1) is 14.9. The highest BCUT2D eigenvalue weighted by atomic mass is 16.5. The van der Waals surface area contributed by atoms with Gasteiger partial charge < -0.3 is 19.1 Å². The SMILES string of the molecule is Cc1c(Cc2ccccc2)c(=O)oc2c(C)c(OCc3ccc(C(=O)[O-])cc3)ccc12. The Balaban J connectivity index is 1.62. The van der Waals surface area contributed by atoms with E-state index in [0.29, 0.717) is 23.3 Å². The summed E-state index contributed by atoms with van der Waals surface area (Å²) in [5.74, 6) is -0.607. The van der Waals surface area contributed by atoms with Crippen molar-refractivity contribution < 1.29 is 19.1 Å². The molecule has 0 aliphatic carbocycles. The van der Waals surface area contributed by atoms with Gasteiger partial charge in [0.1, 0.15) is 17.9 Å². The van der Waals surface area contributed by atoms with E-state index in [4.69, 9.17) is 9.15 Å². The molecule has 0 unspecified atom stereocenters. The van der Waals surface area contributed by atoms with Gasteiger partial charge in [0.05, 0.1) is 5.97 Å². The Hall–Kier alpha value is -3.86. The van der Waals surface area contributed by atoms with E-state index >= 15 is 0 Å². The summed E-state index contributed by atoms with van der Waals surface area (Å²) in [6.45, 7) is 4.06. The highest BCUT2D eigenvalue weighted by Gasteiger charge is 2.15. The van der Waals surface area contributed by atoms with Gasteiger partial charge in [-0.25, -0.2) is 4.79 Å². The van der Waals surface area contributed by atoms with Gasteiger partial charge in [0, 0.05) is 22.9 Å². The van der Waals surface area contributed by atoms with Crippen LogP contribution in [0.5, 0.6) is 5.75 Å². The van der Waals surface area contributed by atoms with Crippen LogP contribution in [0.2, 0.25) is 0 Å². The zero-order chi connectivity index (χ0) is 22.0. The predicted molar refractivity (Wildman–Crippen MR) is 116 cm³/mol. The number of carbonyl (C=O) groups excluding carboxylic acids is 1. The highest BCUT2D eigenvalue weighted by Crippen LogP contribution is 2.30. The van der Waals surface area contributed by atoms with Gasteiger partial charge in [0.15, 0.2) is 0 Å². The number of aromatic carboxylic acids is 1. The lowest BCUT2D eigenvalue weighted by molar-refractivity contribution is -0.255. The molecule has 0 spiro atoms. The first-order valence-electron chi connectivity index (χ1n) is 9.97. The molecule has 1 aromatic heterocycles. The van der Waals surface area contributed by atoms with Crippen LogP contribution in [0.3, 0.4) is 0 Å². The second-order valence-electron chi connectivity index (χ2n) is 7.49. The summed E-state index contributed by atoms with van der Waals surface area (Å²) in [5, 5.41) is 11.7. The molecule has 0 aliphatic rings. The van der Waals surface area contributed by atoms with E-state index in [-0.39, 0.29) is 17.8 Å². The summed E-state index contributed by atoms with van der Waals surface area (Å²) in [5.41, 5.74) is 4.47. The predicted octanol–water partition coefficient (Wildman–Crippen LogP) is 3.94. The largest absolute Gasteiger partial charge is 0.545 e. The minimum absolute atomic E-state index is 0.120. The van der Waals surface area contributed by atoms with Crippen molar-refractivity contribution in [1.82, 2.24) is 0 Å². The number of aryl methyl sites for hydroxylation is 2. The van der Waals surface area contributed by atoms with Crippen molar-refractivity contribution in [3.05, 3.63) is 111 Å². The molecular weight excluding hydrogens is 392 g/mol. The van der Waals surface area contributed by atoms with Crippen LogP contribution >= 0.6 is 0 Å². The van der Waals surface area contributed by atoms with Crippen LogP contribution in [-0.2, 0) is 13.0 Å². The third kappa shape index (κ3) is 4.21. The molecule has 0 bridgehead atoms. The monoisotopic (exact) mass is 413 g/mol. The smallest absolute Gasteiger partial charge is 0.340 e. The number of hydrogen-bond acceptors (Lipinski definition) is 5. The Morgan fingerprint density at radius 2 is 1.61 bits per heavy atom. The van der Waals surface area contributed by atoms with Gasteiger partial charge in [-0.05, 0) is 48.2 Å². The standard InChI is InChI=1S/C26H22O5/c1-16-21-12-13-23(30-15-19-8-10-20(11-9-19)25(27)28)17(2)24(21)31-26(29)22(16)14-18-6-4-3-5-7-18/h3-13H,14-15H2,1-2H3,(H,27,28)/p-1. The fourth-order valence-corrected chi connectivity index (χ4v) is 3.63. The molecule has 0 amide bonds. The Bertz CT molecular complexity index is 1300. The Labute approximate surface area is 179 Å². The molecule has 0 radical (unpaired) electrons. The third-order valence-corrected chi connectivity index (χ3v) is 5.46. The van der Waals surface area contributed by atoms with Gasteiger partial charge in [0.2, 0.25) is 0 Å². The average Bonchev–Trinajstić information content (AvgIpc) is 2.77. The number of carboxylic acids is 1. The van der Waals surface area contributed by atoms with E-state index in [1.807, 2.05) is 56.3 Å². The zero-order valence-electron chi connectivity index (χ0n) is 17.3. The molecule has 5 heteroatoms. The summed E-state index contributed by atoms with van der Waals surface area (Å²) in [6.07, 6.45) is 0.518. The van der Waals surface area contributed by atoms with Gasteiger partial charge in [0.25, 0.3) is 0 Å². The maximum atomic E-state index is 12.7. The third-order valence-electron chi connectivity index (χ3n) is 5.46. The fraction of sp³-hybridized carbons (Fsp3) is 0.154. The minimum Gasteiger partial charge on any atom is -0.545 e. The van der Waals surface area contributed by atoms with Crippen molar-refractivity contribution in [3.63, 3.8) is 0 Å². The number of fused-ring (bicyclic) bond motifs is 1. The molecular formula is C26H21O5-. The van der Waals surface area contributed by atoms with E-state index in [1.165, 1.54) is 12.1 Å². The number of carbonyl (C=O) groups is 1. The maximum Gasteiger partial charge on any atom is 0.340 e. The van der Waals surface area contributed by atoms with E-state index in [9.17, 15) is 14.7 Å². The zero-order valence-corrected chi connectivity index (χ0v) is 17.3. The Morgan fingerprint density at radius 3 is 2.29 bits per heavy atom. The summed E-state index contributed by atoms with van der Waals surface area (Å²) in [4.78, 5) is 23.6. The molecule has 1 heterocycles. The number of hydrogen-bond donors (Lipinski definition) is 0. The molecule has 31 heavy (non-hydrogen) atoms. The first kappa shape index (κ1) is 20.4. The number of benzene rings is 3. The van der Waals surface area contributed by atoms with Gasteiger partial charge in [-0.2, -0.15) is 0 Å². The van der Waals surface area contributed by atoms with Crippen LogP contribution in [-0.4, -0.2) is 5.97 Å². The van der Waals surface area contributed by atoms with E-state index in [2.05, 4.69) is 0 Å².